The van der Waals surface area contributed by atoms with Gasteiger partial charge < -0.3 is 4.90 Å². The molecule has 0 atom stereocenters. The molecule has 2 rings (SSSR count). The monoisotopic (exact) mass is 239 g/mol. The Balaban J connectivity index is 1.90. The van der Waals surface area contributed by atoms with Crippen molar-refractivity contribution in [1.82, 2.24) is 4.90 Å². The number of halogens is 2. The first-order valence-electron chi connectivity index (χ1n) is 5.88. The minimum Gasteiger partial charge on any atom is -0.343 e. The third kappa shape index (κ3) is 3.02. The summed E-state index contributed by atoms with van der Waals surface area (Å²) in [5.41, 5.74) is 0.402. The van der Waals surface area contributed by atoms with Gasteiger partial charge in [0, 0.05) is 25.6 Å². The van der Waals surface area contributed by atoms with Crippen molar-refractivity contribution in [2.24, 2.45) is 0 Å². The highest BCUT2D eigenvalue weighted by Crippen LogP contribution is 2.14. The van der Waals surface area contributed by atoms with E-state index in [1.165, 1.54) is 12.1 Å². The van der Waals surface area contributed by atoms with Gasteiger partial charge in [0.1, 0.15) is 11.6 Å². The van der Waals surface area contributed by atoms with Crippen LogP contribution < -0.4 is 0 Å². The summed E-state index contributed by atoms with van der Waals surface area (Å²) < 4.78 is 26.0. The van der Waals surface area contributed by atoms with Crippen LogP contribution in [0.25, 0.3) is 0 Å². The number of rotatable bonds is 3. The second-order valence-corrected chi connectivity index (χ2v) is 4.32. The Morgan fingerprint density at radius 3 is 2.59 bits per heavy atom. The summed E-state index contributed by atoms with van der Waals surface area (Å²) in [6, 6.07) is 3.48. The van der Waals surface area contributed by atoms with Crippen LogP contribution in [0.1, 0.15) is 24.8 Å². The molecular formula is C13H15F2NO. The Kier molecular flexibility index (Phi) is 3.71. The fraction of sp³-hybridized carbons (Fsp3) is 0.462. The lowest BCUT2D eigenvalue weighted by atomic mass is 10.1. The molecule has 0 spiro atoms. The van der Waals surface area contributed by atoms with Crippen molar-refractivity contribution < 1.29 is 13.6 Å². The number of likely N-dealkylation sites (tertiary alicyclic amines) is 1. The molecule has 1 saturated heterocycles. The number of aryl methyl sites for hydroxylation is 1. The van der Waals surface area contributed by atoms with Crippen molar-refractivity contribution in [2.75, 3.05) is 13.1 Å². The third-order valence-corrected chi connectivity index (χ3v) is 3.08. The van der Waals surface area contributed by atoms with Crippen LogP contribution in [0.15, 0.2) is 18.2 Å². The number of amides is 1. The zero-order valence-corrected chi connectivity index (χ0v) is 9.59. The first-order chi connectivity index (χ1) is 8.16. The maximum Gasteiger partial charge on any atom is 0.222 e. The molecule has 92 valence electrons. The summed E-state index contributed by atoms with van der Waals surface area (Å²) in [4.78, 5) is 13.5. The van der Waals surface area contributed by atoms with Crippen LogP contribution in [0, 0.1) is 11.6 Å². The van der Waals surface area contributed by atoms with Crippen LogP contribution >= 0.6 is 0 Å². The Hall–Kier alpha value is -1.45. The van der Waals surface area contributed by atoms with Crippen LogP contribution in [0.3, 0.4) is 0 Å². The Labute approximate surface area is 99.2 Å². The summed E-state index contributed by atoms with van der Waals surface area (Å²) in [5, 5.41) is 0. The van der Waals surface area contributed by atoms with Gasteiger partial charge >= 0.3 is 0 Å². The first kappa shape index (κ1) is 12.0. The number of carbonyl (C=O) groups excluding carboxylic acids is 1. The topological polar surface area (TPSA) is 20.3 Å². The van der Waals surface area contributed by atoms with Crippen molar-refractivity contribution in [3.8, 4) is 0 Å². The molecule has 0 aromatic heterocycles. The van der Waals surface area contributed by atoms with Gasteiger partial charge in [-0.2, -0.15) is 0 Å². The largest absolute Gasteiger partial charge is 0.343 e. The van der Waals surface area contributed by atoms with Crippen molar-refractivity contribution in [1.29, 1.82) is 0 Å². The molecule has 1 aliphatic heterocycles. The molecule has 1 heterocycles. The lowest BCUT2D eigenvalue weighted by molar-refractivity contribution is -0.130. The van der Waals surface area contributed by atoms with Gasteiger partial charge in [-0.3, -0.25) is 4.79 Å². The standard InChI is InChI=1S/C13H15F2NO/c14-11-5-3-10(12(15)9-11)4-6-13(17)16-7-1-2-8-16/h3,5,9H,1-2,4,6-8H2. The molecule has 1 aromatic rings. The molecule has 0 bridgehead atoms. The molecule has 1 aromatic carbocycles. The summed E-state index contributed by atoms with van der Waals surface area (Å²) >= 11 is 0. The highest BCUT2D eigenvalue weighted by atomic mass is 19.1. The quantitative estimate of drug-likeness (QED) is 0.793. The molecule has 17 heavy (non-hydrogen) atoms. The first-order valence-corrected chi connectivity index (χ1v) is 5.88. The number of benzene rings is 1. The SMILES string of the molecule is O=C(CCc1ccc(F)cc1F)N1CCCC1. The van der Waals surface area contributed by atoms with Gasteiger partial charge in [-0.25, -0.2) is 8.78 Å². The predicted octanol–water partition coefficient (Wildman–Crippen LogP) is 2.52. The average Bonchev–Trinajstić information content (AvgIpc) is 2.81. The fourth-order valence-electron chi connectivity index (χ4n) is 2.09. The third-order valence-electron chi connectivity index (χ3n) is 3.08. The van der Waals surface area contributed by atoms with Crippen molar-refractivity contribution in [2.45, 2.75) is 25.7 Å². The number of hydrogen-bond acceptors (Lipinski definition) is 1. The van der Waals surface area contributed by atoms with Crippen molar-refractivity contribution in [3.05, 3.63) is 35.4 Å². The fourth-order valence-corrected chi connectivity index (χ4v) is 2.09. The van der Waals surface area contributed by atoms with Gasteiger partial charge in [-0.05, 0) is 30.9 Å². The normalized spacial score (nSPS) is 15.3. The van der Waals surface area contributed by atoms with Crippen LogP contribution in [-0.4, -0.2) is 23.9 Å². The second kappa shape index (κ2) is 5.25. The number of carbonyl (C=O) groups is 1. The van der Waals surface area contributed by atoms with E-state index in [0.717, 1.165) is 32.0 Å². The maximum absolute atomic E-state index is 13.3. The zero-order chi connectivity index (χ0) is 12.3. The van der Waals surface area contributed by atoms with E-state index < -0.39 is 11.6 Å². The van der Waals surface area contributed by atoms with E-state index in [2.05, 4.69) is 0 Å². The predicted molar refractivity (Wildman–Crippen MR) is 60.5 cm³/mol. The number of hydrogen-bond donors (Lipinski definition) is 0. The average molecular weight is 239 g/mol. The van der Waals surface area contributed by atoms with E-state index in [-0.39, 0.29) is 5.91 Å². The molecule has 0 N–H and O–H groups in total. The summed E-state index contributed by atoms with van der Waals surface area (Å²) in [7, 11) is 0. The van der Waals surface area contributed by atoms with E-state index in [1.807, 2.05) is 0 Å². The van der Waals surface area contributed by atoms with Gasteiger partial charge in [0.15, 0.2) is 0 Å². The second-order valence-electron chi connectivity index (χ2n) is 4.32. The van der Waals surface area contributed by atoms with E-state index in [0.29, 0.717) is 18.4 Å². The van der Waals surface area contributed by atoms with Gasteiger partial charge in [-0.1, -0.05) is 6.07 Å². The summed E-state index contributed by atoms with van der Waals surface area (Å²) in [5.74, 6) is -1.09. The van der Waals surface area contributed by atoms with E-state index in [9.17, 15) is 13.6 Å². The highest BCUT2D eigenvalue weighted by Gasteiger charge is 2.17. The zero-order valence-electron chi connectivity index (χ0n) is 9.59. The molecule has 0 radical (unpaired) electrons. The summed E-state index contributed by atoms with van der Waals surface area (Å²) in [6.07, 6.45) is 2.73. The van der Waals surface area contributed by atoms with Gasteiger partial charge in [0.05, 0.1) is 0 Å². The molecular weight excluding hydrogens is 224 g/mol. The highest BCUT2D eigenvalue weighted by molar-refractivity contribution is 5.76. The minimum atomic E-state index is -0.586. The molecule has 1 fully saturated rings. The van der Waals surface area contributed by atoms with E-state index in [1.54, 1.807) is 4.90 Å². The van der Waals surface area contributed by atoms with Crippen LogP contribution in [0.4, 0.5) is 8.78 Å². The lowest BCUT2D eigenvalue weighted by Crippen LogP contribution is -2.27. The lowest BCUT2D eigenvalue weighted by Gasteiger charge is -2.14. The summed E-state index contributed by atoms with van der Waals surface area (Å²) in [6.45, 7) is 1.62. The van der Waals surface area contributed by atoms with Crippen LogP contribution in [0.5, 0.6) is 0 Å². The molecule has 0 saturated carbocycles. The Morgan fingerprint density at radius 1 is 1.24 bits per heavy atom. The Bertz CT molecular complexity index is 414. The Morgan fingerprint density at radius 2 is 1.94 bits per heavy atom. The number of nitrogens with zero attached hydrogens (tertiary/aromatic N) is 1. The van der Waals surface area contributed by atoms with Crippen molar-refractivity contribution in [3.63, 3.8) is 0 Å². The van der Waals surface area contributed by atoms with Gasteiger partial charge in [-0.15, -0.1) is 0 Å². The van der Waals surface area contributed by atoms with E-state index in [4.69, 9.17) is 0 Å². The smallest absolute Gasteiger partial charge is 0.222 e. The molecule has 1 amide bonds. The molecule has 2 nitrogen and oxygen atoms in total. The van der Waals surface area contributed by atoms with Gasteiger partial charge in [0.2, 0.25) is 5.91 Å². The van der Waals surface area contributed by atoms with Crippen molar-refractivity contribution >= 4 is 5.91 Å². The van der Waals surface area contributed by atoms with Crippen LogP contribution in [0.2, 0.25) is 0 Å². The maximum atomic E-state index is 13.3. The molecule has 4 heteroatoms. The van der Waals surface area contributed by atoms with Crippen LogP contribution in [-0.2, 0) is 11.2 Å². The van der Waals surface area contributed by atoms with E-state index >= 15 is 0 Å². The molecule has 0 aliphatic carbocycles. The van der Waals surface area contributed by atoms with Gasteiger partial charge in [0.25, 0.3) is 0 Å². The minimum absolute atomic E-state index is 0.0613. The molecule has 1 aliphatic rings. The molecule has 0 unspecified atom stereocenters.